The van der Waals surface area contributed by atoms with Crippen molar-refractivity contribution in [2.24, 2.45) is 0 Å². The van der Waals surface area contributed by atoms with Crippen molar-refractivity contribution >= 4 is 27.5 Å². The highest BCUT2D eigenvalue weighted by atomic mass is 16.5. The summed E-state index contributed by atoms with van der Waals surface area (Å²) in [6, 6.07) is 16.9. The number of benzene rings is 3. The number of aryl methyl sites for hydroxylation is 1. The molecule has 0 saturated carbocycles. The van der Waals surface area contributed by atoms with Crippen LogP contribution in [0.3, 0.4) is 0 Å². The zero-order valence-corrected chi connectivity index (χ0v) is 15.9. The maximum atomic E-state index is 11.0. The zero-order valence-electron chi connectivity index (χ0n) is 15.9. The van der Waals surface area contributed by atoms with E-state index in [2.05, 4.69) is 62.0 Å². The predicted octanol–water partition coefficient (Wildman–Crippen LogP) is 5.97. The molecule has 3 nitrogen and oxygen atoms in total. The maximum Gasteiger partial charge on any atom is 0.330 e. The molecule has 0 radical (unpaired) electrons. The average molecular weight is 362 g/mol. The van der Waals surface area contributed by atoms with Crippen molar-refractivity contribution in [3.05, 3.63) is 66.7 Å². The highest BCUT2D eigenvalue weighted by Crippen LogP contribution is 2.37. The monoisotopic (exact) mass is 362 g/mol. The summed E-state index contributed by atoms with van der Waals surface area (Å²) < 4.78 is 11.2. The molecular formula is C24H26O3. The Morgan fingerprint density at radius 3 is 1.93 bits per heavy atom. The Labute approximate surface area is 160 Å². The number of hydrogen-bond acceptors (Lipinski definition) is 3. The third-order valence-electron chi connectivity index (χ3n) is 4.85. The number of ether oxygens (including phenoxy) is 2. The van der Waals surface area contributed by atoms with Crippen molar-refractivity contribution in [2.45, 2.75) is 32.6 Å². The molecular weight excluding hydrogens is 336 g/mol. The van der Waals surface area contributed by atoms with Gasteiger partial charge in [0.1, 0.15) is 5.75 Å². The van der Waals surface area contributed by atoms with Crippen LogP contribution < -0.4 is 4.74 Å². The molecule has 0 bridgehead atoms. The first-order valence-electron chi connectivity index (χ1n) is 9.54. The summed E-state index contributed by atoms with van der Waals surface area (Å²) in [5.74, 6) is 0.628. The lowest BCUT2D eigenvalue weighted by atomic mass is 9.96. The normalized spacial score (nSPS) is 10.9. The molecule has 3 heteroatoms. The van der Waals surface area contributed by atoms with Crippen LogP contribution in [0.1, 0.15) is 31.2 Å². The van der Waals surface area contributed by atoms with Crippen molar-refractivity contribution in [1.82, 2.24) is 0 Å². The minimum Gasteiger partial charge on any atom is -0.492 e. The number of fused-ring (bicyclic) bond motifs is 2. The average Bonchev–Trinajstić information content (AvgIpc) is 2.71. The number of carbonyl (C=O) groups is 1. The second-order valence-corrected chi connectivity index (χ2v) is 6.68. The van der Waals surface area contributed by atoms with E-state index < -0.39 is 0 Å². The van der Waals surface area contributed by atoms with Gasteiger partial charge in [-0.05, 0) is 48.9 Å². The molecule has 0 aliphatic rings. The molecule has 3 rings (SSSR count). The van der Waals surface area contributed by atoms with Gasteiger partial charge in [-0.25, -0.2) is 4.79 Å². The first kappa shape index (κ1) is 19.0. The van der Waals surface area contributed by atoms with Gasteiger partial charge in [0.25, 0.3) is 0 Å². The van der Waals surface area contributed by atoms with Crippen LogP contribution in [0.5, 0.6) is 5.75 Å². The quantitative estimate of drug-likeness (QED) is 0.204. The fraction of sp³-hybridized carbons (Fsp3) is 0.292. The number of rotatable bonds is 9. The molecule has 3 aromatic carbocycles. The Morgan fingerprint density at radius 1 is 0.852 bits per heavy atom. The molecule has 0 amide bonds. The number of esters is 1. The predicted molar refractivity (Wildman–Crippen MR) is 111 cm³/mol. The molecule has 140 valence electrons. The molecule has 0 saturated heterocycles. The van der Waals surface area contributed by atoms with E-state index in [0.29, 0.717) is 13.2 Å². The number of unbranched alkanes of at least 4 members (excludes halogenated alkanes) is 3. The Kier molecular flexibility index (Phi) is 6.48. The van der Waals surface area contributed by atoms with Crippen molar-refractivity contribution in [3.8, 4) is 5.75 Å². The van der Waals surface area contributed by atoms with E-state index in [-0.39, 0.29) is 5.97 Å². The van der Waals surface area contributed by atoms with E-state index >= 15 is 0 Å². The summed E-state index contributed by atoms with van der Waals surface area (Å²) in [4.78, 5) is 11.0. The van der Waals surface area contributed by atoms with E-state index in [1.807, 2.05) is 0 Å². The Morgan fingerprint density at radius 2 is 1.37 bits per heavy atom. The highest BCUT2D eigenvalue weighted by Gasteiger charge is 2.11. The smallest absolute Gasteiger partial charge is 0.330 e. The number of hydrogen-bond donors (Lipinski definition) is 0. The minimum absolute atomic E-state index is 0.350. The van der Waals surface area contributed by atoms with E-state index in [9.17, 15) is 4.79 Å². The molecule has 0 atom stereocenters. The Bertz CT molecular complexity index is 886. The molecule has 0 fully saturated rings. The second-order valence-electron chi connectivity index (χ2n) is 6.68. The lowest BCUT2D eigenvalue weighted by Gasteiger charge is -2.15. The summed E-state index contributed by atoms with van der Waals surface area (Å²) in [6.07, 6.45) is 5.11. The molecule has 0 aliphatic heterocycles. The molecule has 0 aliphatic carbocycles. The van der Waals surface area contributed by atoms with Gasteiger partial charge in [-0.1, -0.05) is 55.1 Å². The molecule has 0 aromatic heterocycles. The van der Waals surface area contributed by atoms with Crippen LogP contribution in [-0.4, -0.2) is 19.2 Å². The van der Waals surface area contributed by atoms with Gasteiger partial charge in [0, 0.05) is 16.8 Å². The van der Waals surface area contributed by atoms with E-state index in [1.165, 1.54) is 33.2 Å². The molecule has 0 unspecified atom stereocenters. The first-order valence-corrected chi connectivity index (χ1v) is 9.54. The maximum absolute atomic E-state index is 11.0. The van der Waals surface area contributed by atoms with Gasteiger partial charge in [0.15, 0.2) is 0 Å². The van der Waals surface area contributed by atoms with E-state index in [0.717, 1.165) is 31.4 Å². The summed E-state index contributed by atoms with van der Waals surface area (Å²) in [6.45, 7) is 6.70. The molecule has 3 aromatic rings. The van der Waals surface area contributed by atoms with Crippen molar-refractivity contribution in [1.29, 1.82) is 0 Å². The van der Waals surface area contributed by atoms with Gasteiger partial charge in [-0.3, -0.25) is 0 Å². The van der Waals surface area contributed by atoms with E-state index in [1.54, 1.807) is 0 Å². The Balaban J connectivity index is 1.62. The summed E-state index contributed by atoms with van der Waals surface area (Å²) >= 11 is 0. The first-order chi connectivity index (χ1) is 13.2. The van der Waals surface area contributed by atoms with Crippen LogP contribution in [0.2, 0.25) is 0 Å². The third kappa shape index (κ3) is 4.48. The summed E-state index contributed by atoms with van der Waals surface area (Å²) in [7, 11) is 0. The van der Waals surface area contributed by atoms with Crippen LogP contribution in [-0.2, 0) is 9.53 Å². The lowest BCUT2D eigenvalue weighted by Crippen LogP contribution is -2.02. The Hall–Kier alpha value is -2.81. The highest BCUT2D eigenvalue weighted by molar-refractivity contribution is 6.08. The zero-order chi connectivity index (χ0) is 19.1. The summed E-state index contributed by atoms with van der Waals surface area (Å²) in [5, 5.41) is 4.83. The van der Waals surface area contributed by atoms with Gasteiger partial charge >= 0.3 is 5.97 Å². The largest absolute Gasteiger partial charge is 0.492 e. The van der Waals surface area contributed by atoms with Gasteiger partial charge in [-0.2, -0.15) is 0 Å². The molecule has 0 N–H and O–H groups in total. The van der Waals surface area contributed by atoms with Crippen LogP contribution in [0.15, 0.2) is 61.2 Å². The standard InChI is InChI=1S/C24H26O3/c1-3-23(25)26-16-10-4-5-11-17-27-24-21-14-8-6-12-19(21)18(2)20-13-7-9-15-22(20)24/h3,6-9,12-15H,1,4-5,10-11,16-17H2,2H3. The third-order valence-corrected chi connectivity index (χ3v) is 4.85. The van der Waals surface area contributed by atoms with Gasteiger partial charge in [0.05, 0.1) is 13.2 Å². The van der Waals surface area contributed by atoms with Crippen molar-refractivity contribution < 1.29 is 14.3 Å². The SMILES string of the molecule is C=CC(=O)OCCCCCCOc1c2ccccc2c(C)c2ccccc12. The van der Waals surface area contributed by atoms with Gasteiger partial charge in [-0.15, -0.1) is 0 Å². The van der Waals surface area contributed by atoms with Crippen molar-refractivity contribution in [2.75, 3.05) is 13.2 Å². The van der Waals surface area contributed by atoms with E-state index in [4.69, 9.17) is 9.47 Å². The molecule has 0 spiro atoms. The lowest BCUT2D eigenvalue weighted by molar-refractivity contribution is -0.137. The molecule has 27 heavy (non-hydrogen) atoms. The van der Waals surface area contributed by atoms with Crippen molar-refractivity contribution in [3.63, 3.8) is 0 Å². The van der Waals surface area contributed by atoms with Gasteiger partial charge in [0.2, 0.25) is 0 Å². The molecule has 0 heterocycles. The fourth-order valence-corrected chi connectivity index (χ4v) is 3.43. The van der Waals surface area contributed by atoms with Crippen LogP contribution in [0.4, 0.5) is 0 Å². The number of carbonyl (C=O) groups excluding carboxylic acids is 1. The second kappa shape index (κ2) is 9.22. The topological polar surface area (TPSA) is 35.5 Å². The van der Waals surface area contributed by atoms with Crippen LogP contribution >= 0.6 is 0 Å². The van der Waals surface area contributed by atoms with Crippen LogP contribution in [0, 0.1) is 6.92 Å². The van der Waals surface area contributed by atoms with Gasteiger partial charge < -0.3 is 9.47 Å². The fourth-order valence-electron chi connectivity index (χ4n) is 3.43. The minimum atomic E-state index is -0.350. The van der Waals surface area contributed by atoms with Crippen LogP contribution in [0.25, 0.3) is 21.5 Å². The summed E-state index contributed by atoms with van der Waals surface area (Å²) in [5.41, 5.74) is 1.29.